The van der Waals surface area contributed by atoms with E-state index in [-0.39, 0.29) is 12.0 Å². The molecule has 0 aromatic heterocycles. The van der Waals surface area contributed by atoms with Gasteiger partial charge in [-0.25, -0.2) is 0 Å². The summed E-state index contributed by atoms with van der Waals surface area (Å²) in [6.07, 6.45) is 0.839. The van der Waals surface area contributed by atoms with E-state index in [2.05, 4.69) is 0 Å². The standard InChI is InChI=1S/C12H16O2/c1-9-4-5-10(7-13)11(6-9)12(2,3)8-14/h4-7,14H,8H2,1-3H3. The average molecular weight is 192 g/mol. The first-order valence-corrected chi connectivity index (χ1v) is 4.68. The Labute approximate surface area is 84.6 Å². The number of benzene rings is 1. The molecule has 0 aliphatic heterocycles. The molecule has 1 rings (SSSR count). The van der Waals surface area contributed by atoms with E-state index in [0.29, 0.717) is 5.56 Å². The molecule has 1 aromatic carbocycles. The van der Waals surface area contributed by atoms with Crippen molar-refractivity contribution >= 4 is 6.29 Å². The molecule has 0 fully saturated rings. The van der Waals surface area contributed by atoms with Crippen LogP contribution in [0.3, 0.4) is 0 Å². The molecule has 0 spiro atoms. The molecule has 0 saturated heterocycles. The Kier molecular flexibility index (Phi) is 3.06. The van der Waals surface area contributed by atoms with E-state index >= 15 is 0 Å². The van der Waals surface area contributed by atoms with E-state index in [9.17, 15) is 9.90 Å². The van der Waals surface area contributed by atoms with Crippen LogP contribution < -0.4 is 0 Å². The highest BCUT2D eigenvalue weighted by Gasteiger charge is 2.22. The third kappa shape index (κ3) is 2.02. The van der Waals surface area contributed by atoms with Crippen molar-refractivity contribution in [3.63, 3.8) is 0 Å². The third-order valence-corrected chi connectivity index (χ3v) is 2.46. The van der Waals surface area contributed by atoms with Crippen molar-refractivity contribution in [1.29, 1.82) is 0 Å². The predicted molar refractivity (Wildman–Crippen MR) is 56.7 cm³/mol. The Morgan fingerprint density at radius 2 is 2.07 bits per heavy atom. The zero-order chi connectivity index (χ0) is 10.8. The zero-order valence-electron chi connectivity index (χ0n) is 8.87. The van der Waals surface area contributed by atoms with Gasteiger partial charge in [-0.15, -0.1) is 0 Å². The molecule has 0 aliphatic carbocycles. The number of aldehydes is 1. The molecule has 0 aliphatic rings. The summed E-state index contributed by atoms with van der Waals surface area (Å²) in [7, 11) is 0. The lowest BCUT2D eigenvalue weighted by atomic mass is 9.82. The minimum atomic E-state index is -0.359. The lowest BCUT2D eigenvalue weighted by molar-refractivity contribution is 0.112. The number of carbonyl (C=O) groups is 1. The van der Waals surface area contributed by atoms with Gasteiger partial charge >= 0.3 is 0 Å². The van der Waals surface area contributed by atoms with Crippen LogP contribution in [0.15, 0.2) is 18.2 Å². The molecule has 0 bridgehead atoms. The van der Waals surface area contributed by atoms with Crippen molar-refractivity contribution in [2.24, 2.45) is 0 Å². The summed E-state index contributed by atoms with van der Waals surface area (Å²) in [6, 6.07) is 5.66. The quantitative estimate of drug-likeness (QED) is 0.744. The van der Waals surface area contributed by atoms with Crippen LogP contribution in [-0.4, -0.2) is 18.0 Å². The van der Waals surface area contributed by atoms with Gasteiger partial charge in [0, 0.05) is 11.0 Å². The number of aliphatic hydroxyl groups is 1. The predicted octanol–water partition coefficient (Wildman–Crippen LogP) is 2.08. The van der Waals surface area contributed by atoms with Gasteiger partial charge in [-0.2, -0.15) is 0 Å². The van der Waals surface area contributed by atoms with Crippen molar-refractivity contribution in [2.75, 3.05) is 6.61 Å². The Hall–Kier alpha value is -1.15. The van der Waals surface area contributed by atoms with E-state index in [1.165, 1.54) is 0 Å². The number of carbonyl (C=O) groups excluding carboxylic acids is 1. The summed E-state index contributed by atoms with van der Waals surface area (Å²) in [4.78, 5) is 10.8. The first-order valence-electron chi connectivity index (χ1n) is 4.68. The molecule has 76 valence electrons. The SMILES string of the molecule is Cc1ccc(C=O)c(C(C)(C)CO)c1. The van der Waals surface area contributed by atoms with Crippen LogP contribution in [0, 0.1) is 6.92 Å². The summed E-state index contributed by atoms with van der Waals surface area (Å²) < 4.78 is 0. The van der Waals surface area contributed by atoms with Gasteiger partial charge in [-0.3, -0.25) is 4.79 Å². The van der Waals surface area contributed by atoms with Gasteiger partial charge < -0.3 is 5.11 Å². The third-order valence-electron chi connectivity index (χ3n) is 2.46. The van der Waals surface area contributed by atoms with Crippen LogP contribution in [0.2, 0.25) is 0 Å². The summed E-state index contributed by atoms with van der Waals surface area (Å²) in [5, 5.41) is 9.24. The van der Waals surface area contributed by atoms with Gasteiger partial charge in [0.15, 0.2) is 0 Å². The summed E-state index contributed by atoms with van der Waals surface area (Å²) in [5.74, 6) is 0. The lowest BCUT2D eigenvalue weighted by Gasteiger charge is -2.24. The normalized spacial score (nSPS) is 11.4. The summed E-state index contributed by atoms with van der Waals surface area (Å²) in [6.45, 7) is 5.87. The Bertz CT molecular complexity index is 340. The highest BCUT2D eigenvalue weighted by Crippen LogP contribution is 2.26. The molecule has 14 heavy (non-hydrogen) atoms. The molecule has 2 heteroatoms. The number of hydrogen-bond acceptors (Lipinski definition) is 2. The molecule has 0 saturated carbocycles. The molecular weight excluding hydrogens is 176 g/mol. The van der Waals surface area contributed by atoms with Crippen LogP contribution in [0.4, 0.5) is 0 Å². The molecule has 0 unspecified atom stereocenters. The number of aliphatic hydroxyl groups excluding tert-OH is 1. The average Bonchev–Trinajstić information content (AvgIpc) is 2.18. The first-order chi connectivity index (χ1) is 6.51. The molecule has 0 amide bonds. The molecule has 1 N–H and O–H groups in total. The van der Waals surface area contributed by atoms with Crippen LogP contribution >= 0.6 is 0 Å². The number of rotatable bonds is 3. The molecule has 1 aromatic rings. The largest absolute Gasteiger partial charge is 0.395 e. The van der Waals surface area contributed by atoms with Crippen molar-refractivity contribution in [3.8, 4) is 0 Å². The topological polar surface area (TPSA) is 37.3 Å². The van der Waals surface area contributed by atoms with Crippen molar-refractivity contribution in [3.05, 3.63) is 34.9 Å². The molecular formula is C12H16O2. The molecule has 0 heterocycles. The van der Waals surface area contributed by atoms with Crippen LogP contribution in [0.25, 0.3) is 0 Å². The number of aryl methyl sites for hydroxylation is 1. The van der Waals surface area contributed by atoms with Gasteiger partial charge in [0.05, 0.1) is 6.61 Å². The fraction of sp³-hybridized carbons (Fsp3) is 0.417. The lowest BCUT2D eigenvalue weighted by Crippen LogP contribution is -2.23. The number of hydrogen-bond donors (Lipinski definition) is 1. The maximum atomic E-state index is 10.8. The van der Waals surface area contributed by atoms with E-state index in [1.807, 2.05) is 32.9 Å². The van der Waals surface area contributed by atoms with Crippen LogP contribution in [0.1, 0.15) is 35.3 Å². The van der Waals surface area contributed by atoms with E-state index in [0.717, 1.165) is 17.4 Å². The van der Waals surface area contributed by atoms with Gasteiger partial charge in [-0.1, -0.05) is 37.6 Å². The van der Waals surface area contributed by atoms with Crippen LogP contribution in [0.5, 0.6) is 0 Å². The van der Waals surface area contributed by atoms with Crippen LogP contribution in [-0.2, 0) is 5.41 Å². The van der Waals surface area contributed by atoms with E-state index in [4.69, 9.17) is 0 Å². The minimum Gasteiger partial charge on any atom is -0.395 e. The summed E-state index contributed by atoms with van der Waals surface area (Å²) in [5.41, 5.74) is 2.32. The minimum absolute atomic E-state index is 0.0390. The fourth-order valence-electron chi connectivity index (χ4n) is 1.44. The van der Waals surface area contributed by atoms with Gasteiger partial charge in [0.25, 0.3) is 0 Å². The highest BCUT2D eigenvalue weighted by molar-refractivity contribution is 5.78. The second-order valence-electron chi connectivity index (χ2n) is 4.25. The van der Waals surface area contributed by atoms with Crippen molar-refractivity contribution < 1.29 is 9.90 Å². The van der Waals surface area contributed by atoms with E-state index in [1.54, 1.807) is 6.07 Å². The Morgan fingerprint density at radius 1 is 1.43 bits per heavy atom. The van der Waals surface area contributed by atoms with E-state index < -0.39 is 0 Å². The Balaban J connectivity index is 3.30. The Morgan fingerprint density at radius 3 is 2.57 bits per heavy atom. The monoisotopic (exact) mass is 192 g/mol. The smallest absolute Gasteiger partial charge is 0.150 e. The summed E-state index contributed by atoms with van der Waals surface area (Å²) >= 11 is 0. The highest BCUT2D eigenvalue weighted by atomic mass is 16.3. The van der Waals surface area contributed by atoms with Gasteiger partial charge in [-0.05, 0) is 12.5 Å². The maximum Gasteiger partial charge on any atom is 0.150 e. The van der Waals surface area contributed by atoms with Crippen molar-refractivity contribution in [2.45, 2.75) is 26.2 Å². The molecule has 2 nitrogen and oxygen atoms in total. The van der Waals surface area contributed by atoms with Crippen molar-refractivity contribution in [1.82, 2.24) is 0 Å². The maximum absolute atomic E-state index is 10.8. The second-order valence-corrected chi connectivity index (χ2v) is 4.25. The second kappa shape index (κ2) is 3.93. The van der Waals surface area contributed by atoms with Gasteiger partial charge in [0.1, 0.15) is 6.29 Å². The molecule has 0 radical (unpaired) electrons. The molecule has 0 atom stereocenters. The fourth-order valence-corrected chi connectivity index (χ4v) is 1.44. The first kappa shape index (κ1) is 10.9. The van der Waals surface area contributed by atoms with Gasteiger partial charge in [0.2, 0.25) is 0 Å². The zero-order valence-corrected chi connectivity index (χ0v) is 8.87.